The molecule has 8 heteroatoms. The highest BCUT2D eigenvalue weighted by Gasteiger charge is 2.24. The van der Waals surface area contributed by atoms with Crippen LogP contribution in [-0.2, 0) is 40.0 Å². The zero-order valence-electron chi connectivity index (χ0n) is 42.2. The first-order chi connectivity index (χ1) is 36.3. The fraction of sp³-hybridized carbons (Fsp3) is 0.164. The zero-order valence-corrected chi connectivity index (χ0v) is 42.2. The second-order valence-corrected chi connectivity index (χ2v) is 18.0. The molecule has 10 aromatic rings. The van der Waals surface area contributed by atoms with Crippen LogP contribution in [0.4, 0.5) is 0 Å². The summed E-state index contributed by atoms with van der Waals surface area (Å²) in [5.41, 5.74) is 19.5. The second kappa shape index (κ2) is 25.2. The van der Waals surface area contributed by atoms with E-state index in [2.05, 4.69) is 181 Å². The lowest BCUT2D eigenvalue weighted by Gasteiger charge is -2.14. The van der Waals surface area contributed by atoms with E-state index in [4.69, 9.17) is 20.0 Å². The predicted octanol–water partition coefficient (Wildman–Crippen LogP) is 16.0. The number of aryl methyl sites for hydroxylation is 2. The highest BCUT2D eigenvalue weighted by Crippen LogP contribution is 2.40. The fourth-order valence-corrected chi connectivity index (χ4v) is 9.69. The summed E-state index contributed by atoms with van der Waals surface area (Å²) in [5.74, 6) is -0.948. The van der Waals surface area contributed by atoms with Gasteiger partial charge in [0.1, 0.15) is 11.4 Å². The first-order valence-electron chi connectivity index (χ1n) is 25.5. The molecule has 2 aromatic heterocycles. The van der Waals surface area contributed by atoms with Crippen LogP contribution in [0.3, 0.4) is 0 Å². The lowest BCUT2D eigenvalue weighted by Crippen LogP contribution is -2.05. The van der Waals surface area contributed by atoms with Gasteiger partial charge in [-0.25, -0.2) is 9.36 Å². The first-order valence-corrected chi connectivity index (χ1v) is 25.5. The molecule has 8 nitrogen and oxygen atoms in total. The molecule has 1 N–H and O–H groups in total. The highest BCUT2D eigenvalue weighted by molar-refractivity contribution is 5.86. The molecule has 0 fully saturated rings. The Kier molecular flexibility index (Phi) is 17.6. The number of ether oxygens (including phenoxy) is 1. The van der Waals surface area contributed by atoms with Crippen LogP contribution in [0.15, 0.2) is 218 Å². The lowest BCUT2D eigenvalue weighted by atomic mass is 9.97. The maximum absolute atomic E-state index is 11.9. The zero-order chi connectivity index (χ0) is 51.2. The summed E-state index contributed by atoms with van der Waals surface area (Å²) < 4.78 is 9.32. The van der Waals surface area contributed by atoms with Gasteiger partial charge in [-0.05, 0) is 78.1 Å². The summed E-state index contributed by atoms with van der Waals surface area (Å²) in [6.45, 7) is 6.60. The van der Waals surface area contributed by atoms with E-state index in [0.717, 1.165) is 108 Å². The molecule has 10 rings (SSSR count). The van der Waals surface area contributed by atoms with Gasteiger partial charge >= 0.3 is 11.9 Å². The molecule has 0 spiro atoms. The summed E-state index contributed by atoms with van der Waals surface area (Å²) >= 11 is 0. The lowest BCUT2D eigenvalue weighted by molar-refractivity contribution is -0.143. The Hall–Kier alpha value is -8.88. The molecule has 8 aromatic carbocycles. The number of para-hydroxylation sites is 2. The molecule has 0 atom stereocenters. The van der Waals surface area contributed by atoms with Gasteiger partial charge in [-0.3, -0.25) is 9.59 Å². The maximum Gasteiger partial charge on any atom is 0.306 e. The number of aromatic nitrogens is 4. The number of benzene rings is 8. The molecular formula is C67H64N4O4. The van der Waals surface area contributed by atoms with Crippen molar-refractivity contribution in [2.45, 2.75) is 66.7 Å². The van der Waals surface area contributed by atoms with Gasteiger partial charge in [-0.1, -0.05) is 228 Å². The quantitative estimate of drug-likeness (QED) is 0.0913. The Balaban J connectivity index is 0.000000197. The van der Waals surface area contributed by atoms with Crippen LogP contribution in [-0.4, -0.2) is 43.2 Å². The van der Waals surface area contributed by atoms with Crippen LogP contribution < -0.4 is 0 Å². The van der Waals surface area contributed by atoms with Crippen molar-refractivity contribution in [1.29, 1.82) is 0 Å². The molecule has 2 heterocycles. The third kappa shape index (κ3) is 12.2. The van der Waals surface area contributed by atoms with E-state index >= 15 is 0 Å². The number of carbonyl (C=O) groups excluding carboxylic acids is 1. The van der Waals surface area contributed by atoms with Crippen molar-refractivity contribution in [3.63, 3.8) is 0 Å². The van der Waals surface area contributed by atoms with Crippen molar-refractivity contribution < 1.29 is 19.4 Å². The molecule has 0 saturated heterocycles. The number of esters is 1. The van der Waals surface area contributed by atoms with E-state index in [9.17, 15) is 9.59 Å². The van der Waals surface area contributed by atoms with E-state index in [1.54, 1.807) is 0 Å². The van der Waals surface area contributed by atoms with E-state index in [0.29, 0.717) is 25.9 Å². The summed E-state index contributed by atoms with van der Waals surface area (Å²) in [5, 5.41) is 19.6. The number of carbonyl (C=O) groups is 2. The minimum absolute atomic E-state index is 0. The first kappa shape index (κ1) is 52.4. The topological polar surface area (TPSA) is 99.2 Å². The average Bonchev–Trinajstić information content (AvgIpc) is 4.08. The smallest absolute Gasteiger partial charge is 0.306 e. The molecule has 0 radical (unpaired) electrons. The Labute approximate surface area is 441 Å². The average molecular weight is 989 g/mol. The van der Waals surface area contributed by atoms with Gasteiger partial charge in [-0.2, -0.15) is 10.2 Å². The predicted molar refractivity (Wildman–Crippen MR) is 306 cm³/mol. The summed E-state index contributed by atoms with van der Waals surface area (Å²) in [6, 6.07) is 75.0. The number of carboxylic acids is 1. The van der Waals surface area contributed by atoms with Gasteiger partial charge in [0.25, 0.3) is 0 Å². The minimum Gasteiger partial charge on any atom is -0.481 e. The molecule has 0 amide bonds. The molecule has 0 aliphatic carbocycles. The van der Waals surface area contributed by atoms with Crippen molar-refractivity contribution in [2.75, 3.05) is 6.61 Å². The van der Waals surface area contributed by atoms with Crippen LogP contribution in [0.2, 0.25) is 0 Å². The van der Waals surface area contributed by atoms with E-state index < -0.39 is 5.97 Å². The fourth-order valence-electron chi connectivity index (χ4n) is 9.69. The highest BCUT2D eigenvalue weighted by atomic mass is 16.5. The Morgan fingerprint density at radius 1 is 0.440 bits per heavy atom. The Bertz CT molecular complexity index is 3470. The van der Waals surface area contributed by atoms with Gasteiger partial charge < -0.3 is 9.84 Å². The minimum atomic E-state index is -0.785. The van der Waals surface area contributed by atoms with Crippen molar-refractivity contribution in [3.8, 4) is 78.4 Å². The van der Waals surface area contributed by atoms with Crippen LogP contribution in [0, 0.1) is 0 Å². The van der Waals surface area contributed by atoms with Gasteiger partial charge in [0.15, 0.2) is 0 Å². The summed E-state index contributed by atoms with van der Waals surface area (Å²) in [7, 11) is 0. The molecule has 0 unspecified atom stereocenters. The SMILES string of the molecule is C.CCOC(=O)CCc1cccc(-c2ccccc2-n2nc(-c3ccccc3)c(-c3ccccc3)c2CC)c1.CCc1c(-c2ccccc2)c(-c2ccccc2)nn1-c1ccccc1-c1cccc(CCC(=O)O)c1. The van der Waals surface area contributed by atoms with Gasteiger partial charge in [0, 0.05) is 46.2 Å². The van der Waals surface area contributed by atoms with Crippen LogP contribution in [0.5, 0.6) is 0 Å². The number of aliphatic carboxylic acids is 1. The second-order valence-electron chi connectivity index (χ2n) is 18.0. The third-order valence-electron chi connectivity index (χ3n) is 13.1. The number of nitrogens with zero attached hydrogens (tertiary/aromatic N) is 4. The van der Waals surface area contributed by atoms with Gasteiger partial charge in [0.2, 0.25) is 0 Å². The molecule has 75 heavy (non-hydrogen) atoms. The van der Waals surface area contributed by atoms with Gasteiger partial charge in [-0.15, -0.1) is 0 Å². The van der Waals surface area contributed by atoms with Crippen molar-refractivity contribution in [1.82, 2.24) is 19.6 Å². The van der Waals surface area contributed by atoms with Crippen molar-refractivity contribution in [3.05, 3.63) is 241 Å². The molecule has 0 aliphatic rings. The molecule has 376 valence electrons. The number of hydrogen-bond acceptors (Lipinski definition) is 5. The van der Waals surface area contributed by atoms with E-state index in [1.807, 2.05) is 67.6 Å². The normalized spacial score (nSPS) is 10.8. The van der Waals surface area contributed by atoms with Crippen LogP contribution in [0.1, 0.15) is 63.6 Å². The molecule has 0 bridgehead atoms. The number of carboxylic acid groups (broad SMARTS) is 1. The van der Waals surface area contributed by atoms with Crippen LogP contribution in [0.25, 0.3) is 78.4 Å². The number of rotatable bonds is 17. The van der Waals surface area contributed by atoms with Crippen LogP contribution >= 0.6 is 0 Å². The molecule has 0 aliphatic heterocycles. The maximum atomic E-state index is 11.9. The monoisotopic (exact) mass is 988 g/mol. The van der Waals surface area contributed by atoms with E-state index in [-0.39, 0.29) is 19.8 Å². The molecular weight excluding hydrogens is 925 g/mol. The standard InChI is InChI=1S/C34H32N2O2.C32H28N2O2.CH4/c1-3-30-33(26-15-7-5-8-16-26)34(27-17-9-6-10-18-27)35-36(30)31-21-12-11-20-29(31)28-19-13-14-25(24-28)22-23-32(37)38-4-2;1-2-28-31(24-13-5-3-6-14-24)32(25-15-7-4-8-16-25)33-34(28)29-19-10-9-18-27(29)26-17-11-12-23(22-26)20-21-30(35)36;/h5-21,24H,3-4,22-23H2,1-2H3;3-19,22H,2,20-21H2,1H3,(H,35,36);1H4. The Morgan fingerprint density at radius 3 is 1.19 bits per heavy atom. The number of hydrogen-bond donors (Lipinski definition) is 1. The van der Waals surface area contributed by atoms with E-state index in [1.165, 1.54) is 5.69 Å². The van der Waals surface area contributed by atoms with Crippen molar-refractivity contribution in [2.24, 2.45) is 0 Å². The molecule has 0 saturated carbocycles. The van der Waals surface area contributed by atoms with Gasteiger partial charge in [0.05, 0.1) is 29.4 Å². The Morgan fingerprint density at radius 2 is 0.800 bits per heavy atom. The van der Waals surface area contributed by atoms with Crippen molar-refractivity contribution >= 4 is 11.9 Å². The largest absolute Gasteiger partial charge is 0.481 e. The summed E-state index contributed by atoms with van der Waals surface area (Å²) in [6.07, 6.45) is 3.29. The summed E-state index contributed by atoms with van der Waals surface area (Å²) in [4.78, 5) is 23.0. The third-order valence-corrected chi connectivity index (χ3v) is 13.1.